The molecular formula is C59H74N2. The second-order valence-corrected chi connectivity index (χ2v) is 20.3. The molecule has 0 aliphatic rings. The van der Waals surface area contributed by atoms with E-state index in [1.807, 2.05) is 0 Å². The summed E-state index contributed by atoms with van der Waals surface area (Å²) in [4.78, 5) is 4.94. The zero-order valence-corrected chi connectivity index (χ0v) is 40.3. The van der Waals surface area contributed by atoms with Gasteiger partial charge in [-0.2, -0.15) is 0 Å². The summed E-state index contributed by atoms with van der Waals surface area (Å²) in [7, 11) is 0. The maximum Gasteiger partial charge on any atom is 0.0520 e. The minimum absolute atomic E-state index is 0.0747. The minimum atomic E-state index is 0.0747. The molecule has 6 aromatic rings. The molecule has 2 heteroatoms. The fourth-order valence-corrected chi connectivity index (χ4v) is 9.14. The van der Waals surface area contributed by atoms with E-state index in [1.54, 1.807) is 0 Å². The summed E-state index contributed by atoms with van der Waals surface area (Å²) in [5.74, 6) is 0.506. The lowest BCUT2D eigenvalue weighted by Gasteiger charge is -2.32. The Morgan fingerprint density at radius 2 is 0.820 bits per heavy atom. The van der Waals surface area contributed by atoms with Gasteiger partial charge in [0.2, 0.25) is 0 Å². The normalized spacial score (nSPS) is 12.7. The summed E-state index contributed by atoms with van der Waals surface area (Å²) in [5, 5.41) is 0. The smallest absolute Gasteiger partial charge is 0.0520 e. The fourth-order valence-electron chi connectivity index (χ4n) is 9.14. The summed E-state index contributed by atoms with van der Waals surface area (Å²) in [5.41, 5.74) is 20.6. The van der Waals surface area contributed by atoms with E-state index in [9.17, 15) is 0 Å². The van der Waals surface area contributed by atoms with Crippen molar-refractivity contribution in [1.29, 1.82) is 0 Å². The van der Waals surface area contributed by atoms with Gasteiger partial charge >= 0.3 is 0 Å². The Balaban J connectivity index is 1.41. The van der Waals surface area contributed by atoms with Crippen LogP contribution < -0.4 is 9.80 Å². The molecule has 0 N–H and O–H groups in total. The third-order valence-electron chi connectivity index (χ3n) is 13.5. The van der Waals surface area contributed by atoms with Crippen molar-refractivity contribution < 1.29 is 0 Å². The van der Waals surface area contributed by atoms with E-state index >= 15 is 0 Å². The molecule has 0 spiro atoms. The molecule has 0 aromatic heterocycles. The molecule has 1 atom stereocenters. The van der Waals surface area contributed by atoms with Gasteiger partial charge in [-0.1, -0.05) is 155 Å². The van der Waals surface area contributed by atoms with Crippen LogP contribution in [0.15, 0.2) is 121 Å². The predicted molar refractivity (Wildman–Crippen MR) is 269 cm³/mol. The Morgan fingerprint density at radius 3 is 1.18 bits per heavy atom. The van der Waals surface area contributed by atoms with Gasteiger partial charge in [0, 0.05) is 22.7 Å². The zero-order valence-electron chi connectivity index (χ0n) is 40.3. The van der Waals surface area contributed by atoms with Gasteiger partial charge in [-0.25, -0.2) is 0 Å². The first kappa shape index (κ1) is 45.4. The highest BCUT2D eigenvalue weighted by Crippen LogP contribution is 2.44. The van der Waals surface area contributed by atoms with Gasteiger partial charge in [-0.3, -0.25) is 0 Å². The summed E-state index contributed by atoms with van der Waals surface area (Å²) in [6, 6.07) is 46.5. The number of benzene rings is 6. The third-order valence-corrected chi connectivity index (χ3v) is 13.5. The minimum Gasteiger partial charge on any atom is -0.310 e. The van der Waals surface area contributed by atoms with E-state index < -0.39 is 0 Å². The molecule has 6 rings (SSSR count). The molecule has 0 amide bonds. The topological polar surface area (TPSA) is 6.48 Å². The molecule has 0 fully saturated rings. The van der Waals surface area contributed by atoms with Crippen LogP contribution in [0, 0.1) is 27.7 Å². The highest BCUT2D eigenvalue weighted by Gasteiger charge is 2.26. The average Bonchev–Trinajstić information content (AvgIpc) is 3.23. The Kier molecular flexibility index (Phi) is 13.5. The van der Waals surface area contributed by atoms with E-state index in [-0.39, 0.29) is 16.2 Å². The van der Waals surface area contributed by atoms with Gasteiger partial charge in [-0.15, -0.1) is 0 Å². The Labute approximate surface area is 371 Å². The molecule has 6 aromatic carbocycles. The average molecular weight is 811 g/mol. The molecular weight excluding hydrogens is 737 g/mol. The maximum absolute atomic E-state index is 2.48. The van der Waals surface area contributed by atoms with Gasteiger partial charge in [0.1, 0.15) is 0 Å². The number of hydrogen-bond acceptors (Lipinski definition) is 2. The molecule has 0 radical (unpaired) electrons. The van der Waals surface area contributed by atoms with Crippen LogP contribution in [-0.4, -0.2) is 0 Å². The first-order chi connectivity index (χ1) is 28.8. The number of hydrogen-bond donors (Lipinski definition) is 0. The standard InChI is InChI=1S/C59H74N2/c1-16-20-40(4)47-21-19-22-54(39-47)61(56-43(7)37-50(38-44(56)8)58(12,13)14)52-31-25-46(26-32-52)45-23-29-51(30-24-45)60(53-33-27-48(28-34-53)59(15,17-2)18-3)55-41(5)35-49(36-42(55)6)57(9,10)11/h19,21-40H,16-18,20H2,1-15H3. The summed E-state index contributed by atoms with van der Waals surface area (Å²) in [6.07, 6.45) is 4.60. The zero-order chi connectivity index (χ0) is 44.4. The molecule has 0 saturated carbocycles. The van der Waals surface area contributed by atoms with Crippen molar-refractivity contribution in [3.63, 3.8) is 0 Å². The largest absolute Gasteiger partial charge is 0.310 e. The lowest BCUT2D eigenvalue weighted by atomic mass is 9.78. The second kappa shape index (κ2) is 18.1. The third kappa shape index (κ3) is 9.70. The van der Waals surface area contributed by atoms with E-state index in [4.69, 9.17) is 0 Å². The van der Waals surface area contributed by atoms with Crippen LogP contribution in [0.1, 0.15) is 152 Å². The van der Waals surface area contributed by atoms with Crippen LogP contribution in [-0.2, 0) is 16.2 Å². The fraction of sp³-hybridized carbons (Fsp3) is 0.390. The molecule has 1 unspecified atom stereocenters. The first-order valence-corrected chi connectivity index (χ1v) is 23.0. The van der Waals surface area contributed by atoms with Crippen molar-refractivity contribution in [3.8, 4) is 11.1 Å². The number of anilines is 6. The number of rotatable bonds is 13. The quantitative estimate of drug-likeness (QED) is 0.115. The van der Waals surface area contributed by atoms with E-state index in [2.05, 4.69) is 235 Å². The van der Waals surface area contributed by atoms with Crippen molar-refractivity contribution in [3.05, 3.63) is 166 Å². The van der Waals surface area contributed by atoms with E-state index in [0.29, 0.717) is 5.92 Å². The first-order valence-electron chi connectivity index (χ1n) is 23.0. The number of aryl methyl sites for hydroxylation is 4. The predicted octanol–water partition coefficient (Wildman–Crippen LogP) is 18.1. The van der Waals surface area contributed by atoms with Gasteiger partial charge in [0.25, 0.3) is 0 Å². The monoisotopic (exact) mass is 811 g/mol. The maximum atomic E-state index is 2.48. The van der Waals surface area contributed by atoms with E-state index in [1.165, 1.54) is 91.2 Å². The van der Waals surface area contributed by atoms with Crippen LogP contribution in [0.5, 0.6) is 0 Å². The van der Waals surface area contributed by atoms with Crippen LogP contribution in [0.2, 0.25) is 0 Å². The van der Waals surface area contributed by atoms with Crippen molar-refractivity contribution in [2.45, 2.75) is 152 Å². The Bertz CT molecular complexity index is 2370. The molecule has 0 bridgehead atoms. The van der Waals surface area contributed by atoms with Crippen molar-refractivity contribution in [2.24, 2.45) is 0 Å². The van der Waals surface area contributed by atoms with Crippen LogP contribution in [0.3, 0.4) is 0 Å². The van der Waals surface area contributed by atoms with Crippen molar-refractivity contribution in [2.75, 3.05) is 9.80 Å². The summed E-state index contributed by atoms with van der Waals surface area (Å²) < 4.78 is 0. The SMILES string of the molecule is CCCC(C)c1cccc(N(c2ccc(-c3ccc(N(c4ccc(C(C)(CC)CC)cc4)c4c(C)cc(C(C)(C)C)cc4C)cc3)cc2)c2c(C)cc(C(C)(C)C)cc2C)c1. The van der Waals surface area contributed by atoms with Crippen molar-refractivity contribution in [1.82, 2.24) is 0 Å². The Morgan fingerprint density at radius 1 is 0.443 bits per heavy atom. The Hall–Kier alpha value is -5.08. The van der Waals surface area contributed by atoms with Gasteiger partial charge in [0.05, 0.1) is 11.4 Å². The lowest BCUT2D eigenvalue weighted by Crippen LogP contribution is -2.20. The molecule has 0 aliphatic carbocycles. The summed E-state index contributed by atoms with van der Waals surface area (Å²) in [6.45, 7) is 34.6. The van der Waals surface area contributed by atoms with Gasteiger partial charge in [0.15, 0.2) is 0 Å². The van der Waals surface area contributed by atoms with Crippen molar-refractivity contribution >= 4 is 34.1 Å². The van der Waals surface area contributed by atoms with Gasteiger partial charge < -0.3 is 9.80 Å². The second-order valence-electron chi connectivity index (χ2n) is 20.3. The highest BCUT2D eigenvalue weighted by atomic mass is 15.2. The molecule has 0 heterocycles. The number of nitrogens with zero attached hydrogens (tertiary/aromatic N) is 2. The highest BCUT2D eigenvalue weighted by molar-refractivity contribution is 5.84. The van der Waals surface area contributed by atoms with Gasteiger partial charge in [-0.05, 0) is 173 Å². The van der Waals surface area contributed by atoms with Crippen LogP contribution in [0.25, 0.3) is 11.1 Å². The molecule has 0 saturated heterocycles. The van der Waals surface area contributed by atoms with Crippen LogP contribution in [0.4, 0.5) is 34.1 Å². The van der Waals surface area contributed by atoms with Crippen LogP contribution >= 0.6 is 0 Å². The molecule has 320 valence electrons. The molecule has 61 heavy (non-hydrogen) atoms. The summed E-state index contributed by atoms with van der Waals surface area (Å²) >= 11 is 0. The van der Waals surface area contributed by atoms with E-state index in [0.717, 1.165) is 24.2 Å². The molecule has 2 nitrogen and oxygen atoms in total. The molecule has 0 aliphatic heterocycles. The lowest BCUT2D eigenvalue weighted by molar-refractivity contribution is 0.439.